The summed E-state index contributed by atoms with van der Waals surface area (Å²) < 4.78 is 27.1. The molecule has 2 rings (SSSR count). The third kappa shape index (κ3) is 4.78. The van der Waals surface area contributed by atoms with E-state index >= 15 is 0 Å². The third-order valence-corrected chi connectivity index (χ3v) is 5.25. The molecule has 24 heavy (non-hydrogen) atoms. The van der Waals surface area contributed by atoms with Gasteiger partial charge in [0.05, 0.1) is 4.90 Å². The molecule has 1 saturated carbocycles. The monoisotopic (exact) mass is 353 g/mol. The molecule has 0 aromatic heterocycles. The summed E-state index contributed by atoms with van der Waals surface area (Å²) in [5.41, 5.74) is 0.197. The Morgan fingerprint density at radius 2 is 1.96 bits per heavy atom. The Kier molecular flexibility index (Phi) is 5.61. The van der Waals surface area contributed by atoms with Crippen molar-refractivity contribution in [3.8, 4) is 0 Å². The van der Waals surface area contributed by atoms with Gasteiger partial charge in [-0.05, 0) is 43.9 Å². The molecule has 0 spiro atoms. The highest BCUT2D eigenvalue weighted by atomic mass is 32.2. The van der Waals surface area contributed by atoms with Crippen LogP contribution in [0.5, 0.6) is 0 Å². The van der Waals surface area contributed by atoms with E-state index in [1.165, 1.54) is 29.2 Å². The molecular formula is C16H23N3O4S. The molecule has 1 aromatic rings. The summed E-state index contributed by atoms with van der Waals surface area (Å²) in [6, 6.07) is 5.10. The Bertz CT molecular complexity index is 727. The molecule has 0 bridgehead atoms. The minimum absolute atomic E-state index is 0.0439. The molecule has 7 nitrogen and oxygen atoms in total. The maximum atomic E-state index is 12.3. The number of nitrogens with one attached hydrogen (secondary N) is 2. The maximum absolute atomic E-state index is 12.3. The van der Waals surface area contributed by atoms with Gasteiger partial charge < -0.3 is 10.2 Å². The predicted molar refractivity (Wildman–Crippen MR) is 90.0 cm³/mol. The lowest BCUT2D eigenvalue weighted by molar-refractivity contribution is -0.130. The van der Waals surface area contributed by atoms with Gasteiger partial charge in [-0.1, -0.05) is 6.07 Å². The van der Waals surface area contributed by atoms with Gasteiger partial charge in [0.15, 0.2) is 0 Å². The van der Waals surface area contributed by atoms with Crippen LogP contribution >= 0.6 is 0 Å². The van der Waals surface area contributed by atoms with E-state index in [-0.39, 0.29) is 16.4 Å². The fraction of sp³-hybridized carbons (Fsp3) is 0.500. The van der Waals surface area contributed by atoms with Crippen molar-refractivity contribution in [3.05, 3.63) is 29.8 Å². The van der Waals surface area contributed by atoms with Crippen molar-refractivity contribution >= 4 is 21.8 Å². The summed E-state index contributed by atoms with van der Waals surface area (Å²) in [6.45, 7) is 2.01. The number of sulfonamides is 1. The van der Waals surface area contributed by atoms with Gasteiger partial charge in [-0.15, -0.1) is 0 Å². The van der Waals surface area contributed by atoms with E-state index in [1.807, 2.05) is 0 Å². The van der Waals surface area contributed by atoms with Gasteiger partial charge in [0.1, 0.15) is 6.04 Å². The lowest BCUT2D eigenvalue weighted by Gasteiger charge is -2.18. The second kappa shape index (κ2) is 7.31. The highest BCUT2D eigenvalue weighted by molar-refractivity contribution is 7.89. The van der Waals surface area contributed by atoms with Gasteiger partial charge in [0, 0.05) is 26.2 Å². The van der Waals surface area contributed by atoms with Crippen LogP contribution in [-0.4, -0.2) is 51.8 Å². The Balaban J connectivity index is 2.08. The number of carbonyl (C=O) groups is 2. The fourth-order valence-corrected chi connectivity index (χ4v) is 3.33. The summed E-state index contributed by atoms with van der Waals surface area (Å²) in [6.07, 6.45) is 2.09. The molecular weight excluding hydrogens is 330 g/mol. The van der Waals surface area contributed by atoms with Crippen LogP contribution in [0.3, 0.4) is 0 Å². The van der Waals surface area contributed by atoms with Crippen molar-refractivity contribution in [2.45, 2.75) is 30.7 Å². The molecule has 1 aromatic carbocycles. The molecule has 0 heterocycles. The third-order valence-electron chi connectivity index (χ3n) is 3.82. The second-order valence-corrected chi connectivity index (χ2v) is 8.02. The maximum Gasteiger partial charge on any atom is 0.251 e. The minimum Gasteiger partial charge on any atom is -0.347 e. The lowest BCUT2D eigenvalue weighted by Crippen LogP contribution is -2.44. The highest BCUT2D eigenvalue weighted by Crippen LogP contribution is 2.28. The Labute approximate surface area is 142 Å². The molecule has 2 amide bonds. The number of nitrogens with zero attached hydrogens (tertiary/aromatic N) is 1. The average Bonchev–Trinajstić information content (AvgIpc) is 3.36. The van der Waals surface area contributed by atoms with Crippen molar-refractivity contribution in [1.82, 2.24) is 14.9 Å². The van der Waals surface area contributed by atoms with E-state index in [1.54, 1.807) is 21.0 Å². The van der Waals surface area contributed by atoms with Gasteiger partial charge in [-0.3, -0.25) is 9.59 Å². The lowest BCUT2D eigenvalue weighted by atomic mass is 10.2. The second-order valence-electron chi connectivity index (χ2n) is 6.25. The van der Waals surface area contributed by atoms with Crippen LogP contribution in [0.1, 0.15) is 30.1 Å². The normalized spacial score (nSPS) is 15.6. The Morgan fingerprint density at radius 1 is 1.29 bits per heavy atom. The number of benzene rings is 1. The SMILES string of the molecule is C[C@@H](NC(=O)c1cccc(S(=O)(=O)NCC2CC2)c1)C(=O)N(C)C. The first-order chi connectivity index (χ1) is 11.2. The quantitative estimate of drug-likeness (QED) is 0.750. The van der Waals surface area contributed by atoms with Gasteiger partial charge in [-0.2, -0.15) is 0 Å². The minimum atomic E-state index is -3.63. The number of hydrogen-bond donors (Lipinski definition) is 2. The average molecular weight is 353 g/mol. The number of likely N-dealkylation sites (N-methyl/N-ethyl adjacent to an activating group) is 1. The Hall–Kier alpha value is -1.93. The van der Waals surface area contributed by atoms with Crippen molar-refractivity contribution in [2.75, 3.05) is 20.6 Å². The molecule has 0 saturated heterocycles. The van der Waals surface area contributed by atoms with Crippen molar-refractivity contribution in [2.24, 2.45) is 5.92 Å². The molecule has 1 atom stereocenters. The van der Waals surface area contributed by atoms with Crippen LogP contribution in [0.4, 0.5) is 0 Å². The molecule has 2 N–H and O–H groups in total. The molecule has 1 aliphatic rings. The van der Waals surface area contributed by atoms with Crippen LogP contribution in [-0.2, 0) is 14.8 Å². The predicted octanol–water partition coefficient (Wildman–Crippen LogP) is 0.581. The van der Waals surface area contributed by atoms with Crippen LogP contribution in [0.25, 0.3) is 0 Å². The zero-order valence-corrected chi connectivity index (χ0v) is 14.9. The van der Waals surface area contributed by atoms with Crippen LogP contribution in [0, 0.1) is 5.92 Å². The van der Waals surface area contributed by atoms with E-state index < -0.39 is 22.0 Å². The zero-order valence-electron chi connectivity index (χ0n) is 14.1. The largest absolute Gasteiger partial charge is 0.347 e. The summed E-state index contributed by atoms with van der Waals surface area (Å²) >= 11 is 0. The molecule has 1 aliphatic carbocycles. The zero-order chi connectivity index (χ0) is 17.9. The van der Waals surface area contributed by atoms with Crippen molar-refractivity contribution in [3.63, 3.8) is 0 Å². The van der Waals surface area contributed by atoms with E-state index in [9.17, 15) is 18.0 Å². The summed E-state index contributed by atoms with van der Waals surface area (Å²) in [5.74, 6) is -0.306. The first kappa shape index (κ1) is 18.4. The molecule has 1 fully saturated rings. The smallest absolute Gasteiger partial charge is 0.251 e. The van der Waals surface area contributed by atoms with Gasteiger partial charge >= 0.3 is 0 Å². The molecule has 0 radical (unpaired) electrons. The van der Waals surface area contributed by atoms with Gasteiger partial charge in [-0.25, -0.2) is 13.1 Å². The van der Waals surface area contributed by atoms with Gasteiger partial charge in [0.2, 0.25) is 15.9 Å². The molecule has 0 unspecified atom stereocenters. The first-order valence-electron chi connectivity index (χ1n) is 7.82. The molecule has 132 valence electrons. The Morgan fingerprint density at radius 3 is 2.54 bits per heavy atom. The summed E-state index contributed by atoms with van der Waals surface area (Å²) in [7, 11) is -0.433. The topological polar surface area (TPSA) is 95.6 Å². The van der Waals surface area contributed by atoms with E-state index in [2.05, 4.69) is 10.0 Å². The van der Waals surface area contributed by atoms with E-state index in [0.717, 1.165) is 12.8 Å². The van der Waals surface area contributed by atoms with Crippen molar-refractivity contribution < 1.29 is 18.0 Å². The molecule has 8 heteroatoms. The van der Waals surface area contributed by atoms with Crippen LogP contribution < -0.4 is 10.0 Å². The van der Waals surface area contributed by atoms with Crippen LogP contribution in [0.15, 0.2) is 29.2 Å². The summed E-state index contributed by atoms with van der Waals surface area (Å²) in [4.78, 5) is 25.5. The van der Waals surface area contributed by atoms with Crippen molar-refractivity contribution in [1.29, 1.82) is 0 Å². The number of hydrogen-bond acceptors (Lipinski definition) is 4. The van der Waals surface area contributed by atoms with E-state index in [0.29, 0.717) is 12.5 Å². The first-order valence-corrected chi connectivity index (χ1v) is 9.31. The number of carbonyl (C=O) groups excluding carboxylic acids is 2. The van der Waals surface area contributed by atoms with E-state index in [4.69, 9.17) is 0 Å². The fourth-order valence-electron chi connectivity index (χ4n) is 2.17. The number of amides is 2. The van der Waals surface area contributed by atoms with Gasteiger partial charge in [0.25, 0.3) is 5.91 Å². The highest BCUT2D eigenvalue weighted by Gasteiger charge is 2.25. The standard InChI is InChI=1S/C16H23N3O4S/c1-11(16(21)19(2)3)18-15(20)13-5-4-6-14(9-13)24(22,23)17-10-12-7-8-12/h4-6,9,11-12,17H,7-8,10H2,1-3H3,(H,18,20)/t11-/m1/s1. The summed E-state index contributed by atoms with van der Waals surface area (Å²) in [5, 5.41) is 2.57. The molecule has 0 aliphatic heterocycles. The van der Waals surface area contributed by atoms with Crippen LogP contribution in [0.2, 0.25) is 0 Å². The number of rotatable bonds is 7.